The first-order chi connectivity index (χ1) is 10.0. The van der Waals surface area contributed by atoms with Crippen LogP contribution in [0.3, 0.4) is 0 Å². The molecule has 1 aliphatic rings. The number of hydrogen-bond donors (Lipinski definition) is 1. The molecule has 2 rings (SSSR count). The first-order valence-electron chi connectivity index (χ1n) is 7.09. The zero-order valence-electron chi connectivity index (χ0n) is 12.4. The van der Waals surface area contributed by atoms with Crippen LogP contribution in [0.5, 0.6) is 5.75 Å². The van der Waals surface area contributed by atoms with Crippen LogP contribution in [-0.4, -0.2) is 36.5 Å². The molecule has 2 N–H and O–H groups in total. The molecular weight excluding hydrogens is 332 g/mol. The van der Waals surface area contributed by atoms with Gasteiger partial charge < -0.3 is 15.4 Å². The molecule has 0 aliphatic carbocycles. The number of amides is 1. The van der Waals surface area contributed by atoms with E-state index in [0.29, 0.717) is 0 Å². The number of halogens is 1. The summed E-state index contributed by atoms with van der Waals surface area (Å²) in [5.74, 6) is 0.771. The minimum atomic E-state index is 0.0245. The summed E-state index contributed by atoms with van der Waals surface area (Å²) < 4.78 is 6.25. The van der Waals surface area contributed by atoms with Crippen molar-refractivity contribution in [1.82, 2.24) is 4.90 Å². The summed E-state index contributed by atoms with van der Waals surface area (Å²) in [5.41, 5.74) is 6.81. The zero-order chi connectivity index (χ0) is 15.4. The normalized spacial score (nSPS) is 22.6. The molecule has 1 aromatic carbocycles. The van der Waals surface area contributed by atoms with Gasteiger partial charge in [0.05, 0.1) is 7.11 Å². The Morgan fingerprint density at radius 1 is 1.52 bits per heavy atom. The van der Waals surface area contributed by atoms with E-state index in [0.717, 1.165) is 35.2 Å². The Bertz CT molecular complexity index is 545. The number of ether oxygens (including phenoxy) is 1. The van der Waals surface area contributed by atoms with Crippen LogP contribution >= 0.6 is 15.9 Å². The quantitative estimate of drug-likeness (QED) is 0.851. The molecule has 0 bridgehead atoms. The third-order valence-electron chi connectivity index (χ3n) is 3.80. The minimum absolute atomic E-state index is 0.0245. The van der Waals surface area contributed by atoms with E-state index in [1.54, 1.807) is 19.3 Å². The summed E-state index contributed by atoms with van der Waals surface area (Å²) in [6.07, 6.45) is 5.13. The van der Waals surface area contributed by atoms with Crippen molar-refractivity contribution in [3.63, 3.8) is 0 Å². The van der Waals surface area contributed by atoms with Crippen molar-refractivity contribution in [3.05, 3.63) is 34.3 Å². The molecular formula is C16H21BrN2O2. The maximum absolute atomic E-state index is 12.3. The van der Waals surface area contributed by atoms with Crippen molar-refractivity contribution in [1.29, 1.82) is 0 Å². The Kier molecular flexibility index (Phi) is 5.42. The lowest BCUT2D eigenvalue weighted by Gasteiger charge is -2.35. The first kappa shape index (κ1) is 16.0. The predicted octanol–water partition coefficient (Wildman–Crippen LogP) is 2.81. The predicted molar refractivity (Wildman–Crippen MR) is 88.1 cm³/mol. The van der Waals surface area contributed by atoms with E-state index >= 15 is 0 Å². The van der Waals surface area contributed by atoms with Gasteiger partial charge in [-0.25, -0.2) is 0 Å². The molecule has 0 aromatic heterocycles. The van der Waals surface area contributed by atoms with E-state index in [1.807, 2.05) is 30.0 Å². The summed E-state index contributed by atoms with van der Waals surface area (Å²) in [7, 11) is 1.62. The number of rotatable bonds is 3. The van der Waals surface area contributed by atoms with Gasteiger partial charge in [-0.1, -0.05) is 15.9 Å². The number of nitrogens with zero attached hydrogens (tertiary/aromatic N) is 1. The lowest BCUT2D eigenvalue weighted by molar-refractivity contribution is -0.129. The van der Waals surface area contributed by atoms with Crippen molar-refractivity contribution < 1.29 is 9.53 Å². The lowest BCUT2D eigenvalue weighted by atomic mass is 9.99. The van der Waals surface area contributed by atoms with Crippen LogP contribution in [0.4, 0.5) is 0 Å². The number of methoxy groups -OCH3 is 1. The van der Waals surface area contributed by atoms with Crippen LogP contribution < -0.4 is 10.5 Å². The van der Waals surface area contributed by atoms with Crippen LogP contribution in [0, 0.1) is 0 Å². The van der Waals surface area contributed by atoms with Crippen molar-refractivity contribution in [2.45, 2.75) is 31.8 Å². The number of nitrogens with two attached hydrogens (primary N) is 1. The molecule has 1 heterocycles. The second-order valence-corrected chi connectivity index (χ2v) is 6.30. The average Bonchev–Trinajstić information content (AvgIpc) is 2.45. The minimum Gasteiger partial charge on any atom is -0.496 e. The Morgan fingerprint density at radius 2 is 2.29 bits per heavy atom. The second-order valence-electron chi connectivity index (χ2n) is 5.38. The van der Waals surface area contributed by atoms with Crippen LogP contribution in [0.25, 0.3) is 6.08 Å². The van der Waals surface area contributed by atoms with Gasteiger partial charge >= 0.3 is 0 Å². The highest BCUT2D eigenvalue weighted by Gasteiger charge is 2.25. The Hall–Kier alpha value is -1.33. The molecule has 0 saturated carbocycles. The van der Waals surface area contributed by atoms with Gasteiger partial charge in [-0.2, -0.15) is 0 Å². The van der Waals surface area contributed by atoms with E-state index < -0.39 is 0 Å². The summed E-state index contributed by atoms with van der Waals surface area (Å²) in [4.78, 5) is 14.2. The van der Waals surface area contributed by atoms with Crippen molar-refractivity contribution >= 4 is 27.9 Å². The molecule has 2 unspecified atom stereocenters. The highest BCUT2D eigenvalue weighted by Crippen LogP contribution is 2.24. The number of benzene rings is 1. The fraction of sp³-hybridized carbons (Fsp3) is 0.438. The highest BCUT2D eigenvalue weighted by molar-refractivity contribution is 9.10. The molecule has 4 nitrogen and oxygen atoms in total. The topological polar surface area (TPSA) is 55.6 Å². The summed E-state index contributed by atoms with van der Waals surface area (Å²) in [5, 5.41) is 0. The van der Waals surface area contributed by atoms with Gasteiger partial charge in [-0.3, -0.25) is 4.79 Å². The largest absolute Gasteiger partial charge is 0.496 e. The van der Waals surface area contributed by atoms with Gasteiger partial charge in [-0.15, -0.1) is 0 Å². The molecule has 1 saturated heterocycles. The second kappa shape index (κ2) is 7.09. The van der Waals surface area contributed by atoms with E-state index in [9.17, 15) is 4.79 Å². The Morgan fingerprint density at radius 3 is 2.95 bits per heavy atom. The van der Waals surface area contributed by atoms with E-state index in [2.05, 4.69) is 15.9 Å². The number of likely N-dealkylation sites (tertiary alicyclic amines) is 1. The molecule has 1 aliphatic heterocycles. The summed E-state index contributed by atoms with van der Waals surface area (Å²) in [6.45, 7) is 2.77. The number of piperidine rings is 1. The third-order valence-corrected chi connectivity index (χ3v) is 4.29. The molecule has 1 fully saturated rings. The van der Waals surface area contributed by atoms with Crippen LogP contribution in [0.1, 0.15) is 25.3 Å². The Balaban J connectivity index is 2.10. The number of carbonyl (C=O) groups is 1. The van der Waals surface area contributed by atoms with Gasteiger partial charge in [0.2, 0.25) is 5.91 Å². The van der Waals surface area contributed by atoms with Crippen molar-refractivity contribution in [2.75, 3.05) is 13.7 Å². The smallest absolute Gasteiger partial charge is 0.246 e. The van der Waals surface area contributed by atoms with E-state index in [-0.39, 0.29) is 18.0 Å². The third kappa shape index (κ3) is 4.08. The molecule has 1 aromatic rings. The van der Waals surface area contributed by atoms with Crippen LogP contribution in [-0.2, 0) is 4.79 Å². The highest BCUT2D eigenvalue weighted by atomic mass is 79.9. The van der Waals surface area contributed by atoms with Gasteiger partial charge in [0.1, 0.15) is 5.75 Å². The number of carbonyl (C=O) groups excluding carboxylic acids is 1. The average molecular weight is 353 g/mol. The van der Waals surface area contributed by atoms with E-state index in [1.165, 1.54) is 0 Å². The SMILES string of the molecule is COc1ccc(Br)cc1C=CC(=O)N1CCC(N)CC1C. The zero-order valence-corrected chi connectivity index (χ0v) is 14.0. The van der Waals surface area contributed by atoms with Gasteiger partial charge in [0.25, 0.3) is 0 Å². The molecule has 21 heavy (non-hydrogen) atoms. The summed E-state index contributed by atoms with van der Waals surface area (Å²) in [6, 6.07) is 6.11. The monoisotopic (exact) mass is 352 g/mol. The fourth-order valence-corrected chi connectivity index (χ4v) is 3.01. The first-order valence-corrected chi connectivity index (χ1v) is 7.88. The molecule has 5 heteroatoms. The van der Waals surface area contributed by atoms with E-state index in [4.69, 9.17) is 10.5 Å². The standard InChI is InChI=1S/C16H21BrN2O2/c1-11-9-14(18)7-8-19(11)16(20)6-3-12-10-13(17)4-5-15(12)21-2/h3-6,10-11,14H,7-9,18H2,1-2H3. The summed E-state index contributed by atoms with van der Waals surface area (Å²) >= 11 is 3.43. The lowest BCUT2D eigenvalue weighted by Crippen LogP contribution is -2.47. The van der Waals surface area contributed by atoms with Crippen molar-refractivity contribution in [2.24, 2.45) is 5.73 Å². The molecule has 2 atom stereocenters. The maximum Gasteiger partial charge on any atom is 0.246 e. The van der Waals surface area contributed by atoms with Crippen molar-refractivity contribution in [3.8, 4) is 5.75 Å². The van der Waals surface area contributed by atoms with Gasteiger partial charge in [0, 0.05) is 34.7 Å². The molecule has 0 spiro atoms. The van der Waals surface area contributed by atoms with Crippen LogP contribution in [0.15, 0.2) is 28.7 Å². The molecule has 0 radical (unpaired) electrons. The molecule has 1 amide bonds. The fourth-order valence-electron chi connectivity index (χ4n) is 2.63. The molecule has 114 valence electrons. The number of hydrogen-bond acceptors (Lipinski definition) is 3. The Labute approximate surface area is 134 Å². The van der Waals surface area contributed by atoms with Gasteiger partial charge in [-0.05, 0) is 44.0 Å². The van der Waals surface area contributed by atoms with Crippen LogP contribution in [0.2, 0.25) is 0 Å². The maximum atomic E-state index is 12.3. The van der Waals surface area contributed by atoms with Gasteiger partial charge in [0.15, 0.2) is 0 Å².